The summed E-state index contributed by atoms with van der Waals surface area (Å²) in [5, 5.41) is 1.32. The topological polar surface area (TPSA) is 21.1 Å². The lowest BCUT2D eigenvalue weighted by Gasteiger charge is -2.13. The van der Waals surface area contributed by atoms with Crippen LogP contribution in [0.3, 0.4) is 0 Å². The van der Waals surface area contributed by atoms with Crippen LogP contribution in [-0.2, 0) is 19.9 Å². The molecular formula is C20H23N3. The van der Waals surface area contributed by atoms with Crippen molar-refractivity contribution >= 4 is 16.7 Å². The van der Waals surface area contributed by atoms with Crippen molar-refractivity contribution in [2.45, 2.75) is 26.2 Å². The van der Waals surface area contributed by atoms with Crippen LogP contribution in [0.2, 0.25) is 0 Å². The van der Waals surface area contributed by atoms with Crippen LogP contribution in [0.5, 0.6) is 0 Å². The minimum Gasteiger partial charge on any atom is -0.374 e. The molecule has 1 aromatic carbocycles. The van der Waals surface area contributed by atoms with Gasteiger partial charge in [0.25, 0.3) is 0 Å². The summed E-state index contributed by atoms with van der Waals surface area (Å²) in [6, 6.07) is 9.09. The van der Waals surface area contributed by atoms with E-state index in [1.165, 1.54) is 33.3 Å². The molecule has 0 aliphatic carbocycles. The molecule has 2 aromatic heterocycles. The molecule has 1 aliphatic rings. The Labute approximate surface area is 137 Å². The first-order chi connectivity index (χ1) is 11.2. The molecule has 0 fully saturated rings. The summed E-state index contributed by atoms with van der Waals surface area (Å²) in [6.45, 7) is 3.36. The highest BCUT2D eigenvalue weighted by Crippen LogP contribution is 2.36. The maximum Gasteiger partial charge on any atom is 0.140 e. The van der Waals surface area contributed by atoms with Gasteiger partial charge in [-0.3, -0.25) is 0 Å². The highest BCUT2D eigenvalue weighted by Gasteiger charge is 2.18. The molecule has 3 heterocycles. The molecule has 0 saturated heterocycles. The lowest BCUT2D eigenvalue weighted by molar-refractivity contribution is 0.921. The number of benzene rings is 1. The molecule has 0 amide bonds. The van der Waals surface area contributed by atoms with Crippen LogP contribution in [-0.4, -0.2) is 23.1 Å². The summed E-state index contributed by atoms with van der Waals surface area (Å²) >= 11 is 0. The van der Waals surface area contributed by atoms with E-state index in [1.807, 2.05) is 6.20 Å². The average molecular weight is 305 g/mol. The van der Waals surface area contributed by atoms with E-state index < -0.39 is 0 Å². The highest BCUT2D eigenvalue weighted by atomic mass is 15.1. The van der Waals surface area contributed by atoms with Crippen molar-refractivity contribution in [2.24, 2.45) is 7.05 Å². The molecule has 0 radical (unpaired) electrons. The van der Waals surface area contributed by atoms with Crippen molar-refractivity contribution in [3.05, 3.63) is 47.8 Å². The average Bonchev–Trinajstić information content (AvgIpc) is 3.10. The molecule has 0 spiro atoms. The Hall–Kier alpha value is -2.29. The van der Waals surface area contributed by atoms with E-state index >= 15 is 0 Å². The molecule has 3 nitrogen and oxygen atoms in total. The van der Waals surface area contributed by atoms with Crippen LogP contribution in [0, 0.1) is 0 Å². The van der Waals surface area contributed by atoms with Crippen molar-refractivity contribution in [3.8, 4) is 11.1 Å². The van der Waals surface area contributed by atoms with Gasteiger partial charge >= 0.3 is 0 Å². The van der Waals surface area contributed by atoms with Crippen LogP contribution in [0.1, 0.15) is 24.5 Å². The fourth-order valence-electron chi connectivity index (χ4n) is 3.77. The van der Waals surface area contributed by atoms with Gasteiger partial charge in [-0.2, -0.15) is 0 Å². The molecule has 118 valence electrons. The van der Waals surface area contributed by atoms with Gasteiger partial charge < -0.3 is 9.47 Å². The number of fused-ring (bicyclic) bond motifs is 2. The van der Waals surface area contributed by atoms with Gasteiger partial charge in [0.05, 0.1) is 0 Å². The molecule has 0 N–H and O–H groups in total. The van der Waals surface area contributed by atoms with E-state index in [-0.39, 0.29) is 0 Å². The van der Waals surface area contributed by atoms with Crippen molar-refractivity contribution in [3.63, 3.8) is 0 Å². The lowest BCUT2D eigenvalue weighted by atomic mass is 9.98. The zero-order valence-corrected chi connectivity index (χ0v) is 14.1. The van der Waals surface area contributed by atoms with Crippen molar-refractivity contribution in [1.82, 2.24) is 9.55 Å². The number of pyridine rings is 1. The van der Waals surface area contributed by atoms with Crippen molar-refractivity contribution < 1.29 is 0 Å². The summed E-state index contributed by atoms with van der Waals surface area (Å²) in [4.78, 5) is 6.97. The first-order valence-corrected chi connectivity index (χ1v) is 8.46. The van der Waals surface area contributed by atoms with Gasteiger partial charge in [0, 0.05) is 49.7 Å². The molecule has 0 atom stereocenters. The SMILES string of the molecule is CCCc1ccnc2c1c(-c1ccc3c(c1)N(C)CC3)cn2C. The second kappa shape index (κ2) is 5.41. The Morgan fingerprint density at radius 3 is 2.87 bits per heavy atom. The Kier molecular flexibility index (Phi) is 3.37. The summed E-state index contributed by atoms with van der Waals surface area (Å²) < 4.78 is 2.15. The number of nitrogens with zero attached hydrogens (tertiary/aromatic N) is 3. The maximum atomic E-state index is 4.61. The van der Waals surface area contributed by atoms with E-state index in [0.717, 1.165) is 31.5 Å². The Morgan fingerprint density at radius 2 is 2.04 bits per heavy atom. The maximum absolute atomic E-state index is 4.61. The van der Waals surface area contributed by atoms with E-state index in [2.05, 4.69) is 65.9 Å². The van der Waals surface area contributed by atoms with Gasteiger partial charge in [-0.05, 0) is 41.7 Å². The fraction of sp³-hybridized carbons (Fsp3) is 0.350. The van der Waals surface area contributed by atoms with Crippen LogP contribution in [0.25, 0.3) is 22.2 Å². The number of likely N-dealkylation sites (N-methyl/N-ethyl adjacent to an activating group) is 1. The second-order valence-electron chi connectivity index (χ2n) is 6.59. The Balaban J connectivity index is 1.94. The standard InChI is InChI=1S/C20H23N3/c1-4-5-15-8-10-21-20-19(15)17(13-23(20)3)16-7-6-14-9-11-22(2)18(14)12-16/h6-8,10,12-13H,4-5,9,11H2,1-3H3. The third-order valence-corrected chi connectivity index (χ3v) is 4.99. The van der Waals surface area contributed by atoms with Gasteiger partial charge in [0.15, 0.2) is 0 Å². The van der Waals surface area contributed by atoms with Gasteiger partial charge in [-0.15, -0.1) is 0 Å². The first kappa shape index (κ1) is 14.3. The number of aryl methyl sites for hydroxylation is 2. The normalized spacial score (nSPS) is 13.8. The zero-order valence-electron chi connectivity index (χ0n) is 14.1. The van der Waals surface area contributed by atoms with E-state index in [1.54, 1.807) is 0 Å². The summed E-state index contributed by atoms with van der Waals surface area (Å²) in [5.41, 5.74) is 7.93. The first-order valence-electron chi connectivity index (χ1n) is 8.46. The largest absolute Gasteiger partial charge is 0.374 e. The second-order valence-corrected chi connectivity index (χ2v) is 6.59. The molecule has 1 aliphatic heterocycles. The minimum atomic E-state index is 1.08. The van der Waals surface area contributed by atoms with Crippen molar-refractivity contribution in [2.75, 3.05) is 18.5 Å². The molecule has 0 bridgehead atoms. The van der Waals surface area contributed by atoms with Crippen molar-refractivity contribution in [1.29, 1.82) is 0 Å². The highest BCUT2D eigenvalue weighted by molar-refractivity contribution is 5.97. The lowest BCUT2D eigenvalue weighted by Crippen LogP contribution is -2.12. The van der Waals surface area contributed by atoms with Crippen LogP contribution < -0.4 is 4.90 Å². The monoisotopic (exact) mass is 305 g/mol. The van der Waals surface area contributed by atoms with Gasteiger partial charge in [0.2, 0.25) is 0 Å². The fourth-order valence-corrected chi connectivity index (χ4v) is 3.77. The number of anilines is 1. The zero-order chi connectivity index (χ0) is 16.0. The molecule has 3 heteroatoms. The third kappa shape index (κ3) is 2.23. The molecule has 4 rings (SSSR count). The van der Waals surface area contributed by atoms with Crippen LogP contribution in [0.4, 0.5) is 5.69 Å². The van der Waals surface area contributed by atoms with E-state index in [0.29, 0.717) is 0 Å². The van der Waals surface area contributed by atoms with Gasteiger partial charge in [0.1, 0.15) is 5.65 Å². The number of rotatable bonds is 3. The predicted molar refractivity (Wildman–Crippen MR) is 97.1 cm³/mol. The molecule has 0 unspecified atom stereocenters. The predicted octanol–water partition coefficient (Wildman–Crippen LogP) is 4.19. The number of aromatic nitrogens is 2. The van der Waals surface area contributed by atoms with Crippen LogP contribution >= 0.6 is 0 Å². The minimum absolute atomic E-state index is 1.08. The van der Waals surface area contributed by atoms with Gasteiger partial charge in [-0.1, -0.05) is 25.5 Å². The summed E-state index contributed by atoms with van der Waals surface area (Å²) in [6.07, 6.45) is 7.58. The summed E-state index contributed by atoms with van der Waals surface area (Å²) in [5.74, 6) is 0. The Bertz CT molecular complexity index is 876. The third-order valence-electron chi connectivity index (χ3n) is 4.99. The molecule has 3 aromatic rings. The summed E-state index contributed by atoms with van der Waals surface area (Å²) in [7, 11) is 4.27. The van der Waals surface area contributed by atoms with Crippen LogP contribution in [0.15, 0.2) is 36.7 Å². The number of hydrogen-bond acceptors (Lipinski definition) is 2. The van der Waals surface area contributed by atoms with Gasteiger partial charge in [-0.25, -0.2) is 4.98 Å². The van der Waals surface area contributed by atoms with E-state index in [4.69, 9.17) is 0 Å². The Morgan fingerprint density at radius 1 is 1.17 bits per heavy atom. The smallest absolute Gasteiger partial charge is 0.140 e. The molecule has 0 saturated carbocycles. The number of hydrogen-bond donors (Lipinski definition) is 0. The van der Waals surface area contributed by atoms with E-state index in [9.17, 15) is 0 Å². The molecule has 23 heavy (non-hydrogen) atoms. The molecular weight excluding hydrogens is 282 g/mol. The quantitative estimate of drug-likeness (QED) is 0.723.